The lowest BCUT2D eigenvalue weighted by Gasteiger charge is -2.02. The molecule has 0 spiro atoms. The number of hydrogen-bond acceptors (Lipinski definition) is 3. The quantitative estimate of drug-likeness (QED) is 0.570. The molecule has 0 aliphatic rings. The smallest absolute Gasteiger partial charge is 0.118 e. The molecule has 0 saturated carbocycles. The van der Waals surface area contributed by atoms with E-state index in [0.29, 0.717) is 0 Å². The van der Waals surface area contributed by atoms with Crippen LogP contribution in [-0.2, 0) is 0 Å². The van der Waals surface area contributed by atoms with E-state index >= 15 is 0 Å². The summed E-state index contributed by atoms with van der Waals surface area (Å²) in [4.78, 5) is 9.36. The van der Waals surface area contributed by atoms with Crippen LogP contribution in [0.15, 0.2) is 51.2 Å². The third kappa shape index (κ3) is 3.15. The monoisotopic (exact) mass is 392 g/mol. The molecule has 0 unspecified atom stereocenters. The van der Waals surface area contributed by atoms with Crippen molar-refractivity contribution in [3.63, 3.8) is 0 Å². The maximum atomic E-state index is 4.23. The first kappa shape index (κ1) is 11.3. The molecule has 0 saturated heterocycles. The van der Waals surface area contributed by atoms with Gasteiger partial charge in [0.1, 0.15) is 11.4 Å². The van der Waals surface area contributed by atoms with Crippen LogP contribution in [0.1, 0.15) is 0 Å². The summed E-state index contributed by atoms with van der Waals surface area (Å²) in [6, 6.07) is 8.16. The van der Waals surface area contributed by atoms with Gasteiger partial charge in [0, 0.05) is 15.6 Å². The van der Waals surface area contributed by atoms with Crippen molar-refractivity contribution in [1.82, 2.24) is 9.97 Å². The van der Waals surface area contributed by atoms with E-state index in [9.17, 15) is 0 Å². The summed E-state index contributed by atoms with van der Waals surface area (Å²) >= 11 is 7.32. The van der Waals surface area contributed by atoms with Crippen molar-refractivity contribution in [2.75, 3.05) is 0 Å². The summed E-state index contributed by atoms with van der Waals surface area (Å²) in [7, 11) is 0. The number of hydrogen-bond donors (Lipinski definition) is 0. The second-order valence-corrected chi connectivity index (χ2v) is 5.88. The molecule has 76 valence electrons. The molecule has 0 amide bonds. The van der Waals surface area contributed by atoms with Gasteiger partial charge in [-0.25, -0.2) is 9.97 Å². The maximum Gasteiger partial charge on any atom is 0.118 e. The minimum Gasteiger partial charge on any atom is -0.244 e. The largest absolute Gasteiger partial charge is 0.244 e. The second kappa shape index (κ2) is 5.27. The van der Waals surface area contributed by atoms with Crippen LogP contribution in [0, 0.1) is 3.57 Å². The van der Waals surface area contributed by atoms with Crippen molar-refractivity contribution in [2.24, 2.45) is 0 Å². The van der Waals surface area contributed by atoms with Crippen LogP contribution in [0.3, 0.4) is 0 Å². The van der Waals surface area contributed by atoms with Crippen LogP contribution in [0.2, 0.25) is 0 Å². The summed E-state index contributed by atoms with van der Waals surface area (Å²) in [5, 5.41) is 0.990. The van der Waals surface area contributed by atoms with E-state index in [1.807, 2.05) is 18.3 Å². The Kier molecular flexibility index (Phi) is 3.99. The van der Waals surface area contributed by atoms with Crippen molar-refractivity contribution in [3.05, 3.63) is 44.8 Å². The highest BCUT2D eigenvalue weighted by Crippen LogP contribution is 2.30. The summed E-state index contributed by atoms with van der Waals surface area (Å²) in [5.41, 5.74) is 0. The van der Waals surface area contributed by atoms with Gasteiger partial charge in [-0.05, 0) is 40.8 Å². The fourth-order valence-electron chi connectivity index (χ4n) is 1.02. The number of benzene rings is 1. The van der Waals surface area contributed by atoms with E-state index in [1.165, 1.54) is 4.90 Å². The zero-order chi connectivity index (χ0) is 10.7. The Hall–Kier alpha value is -0.140. The average Bonchev–Trinajstić information content (AvgIpc) is 2.22. The molecule has 0 N–H and O–H groups in total. The molecule has 2 rings (SSSR count). The van der Waals surface area contributed by atoms with Crippen molar-refractivity contribution < 1.29 is 0 Å². The Balaban J connectivity index is 2.26. The number of aromatic nitrogens is 2. The third-order valence-electron chi connectivity index (χ3n) is 1.64. The highest BCUT2D eigenvalue weighted by molar-refractivity contribution is 14.1. The Labute approximate surface area is 114 Å². The molecule has 0 fully saturated rings. The lowest BCUT2D eigenvalue weighted by Crippen LogP contribution is -1.86. The van der Waals surface area contributed by atoms with E-state index in [4.69, 9.17) is 0 Å². The van der Waals surface area contributed by atoms with Crippen molar-refractivity contribution in [2.45, 2.75) is 9.92 Å². The van der Waals surface area contributed by atoms with Gasteiger partial charge in [0.15, 0.2) is 0 Å². The van der Waals surface area contributed by atoms with Crippen molar-refractivity contribution in [3.8, 4) is 0 Å². The zero-order valence-electron chi connectivity index (χ0n) is 7.52. The Morgan fingerprint density at radius 3 is 2.93 bits per heavy atom. The molecule has 1 aromatic carbocycles. The molecular formula is C10H6BrIN2S. The Morgan fingerprint density at radius 2 is 2.20 bits per heavy atom. The summed E-state index contributed by atoms with van der Waals surface area (Å²) < 4.78 is 2.15. The van der Waals surface area contributed by atoms with Crippen LogP contribution in [0.25, 0.3) is 0 Å². The fraction of sp³-hybridized carbons (Fsp3) is 0. The molecule has 1 aromatic heterocycles. The third-order valence-corrected chi connectivity index (χ3v) is 4.30. The van der Waals surface area contributed by atoms with Crippen LogP contribution in [0.5, 0.6) is 0 Å². The zero-order valence-corrected chi connectivity index (χ0v) is 12.1. The van der Waals surface area contributed by atoms with Crippen LogP contribution >= 0.6 is 50.3 Å². The lowest BCUT2D eigenvalue weighted by atomic mass is 10.4. The van der Waals surface area contributed by atoms with Crippen LogP contribution < -0.4 is 0 Å². The predicted octanol–water partition coefficient (Wildman–Crippen LogP) is 3.99. The number of nitrogens with zero attached hydrogens (tertiary/aromatic N) is 2. The average molecular weight is 393 g/mol. The maximum absolute atomic E-state index is 4.23. The molecule has 0 bridgehead atoms. The molecule has 0 radical (unpaired) electrons. The van der Waals surface area contributed by atoms with Gasteiger partial charge in [0.25, 0.3) is 0 Å². The van der Waals surface area contributed by atoms with Gasteiger partial charge in [-0.15, -0.1) is 0 Å². The number of rotatable bonds is 2. The van der Waals surface area contributed by atoms with Crippen molar-refractivity contribution in [1.29, 1.82) is 0 Å². The summed E-state index contributed by atoms with van der Waals surface area (Å²) in [6.07, 6.45) is 3.39. The first-order valence-electron chi connectivity index (χ1n) is 4.14. The van der Waals surface area contributed by atoms with Gasteiger partial charge < -0.3 is 0 Å². The normalized spacial score (nSPS) is 10.3. The summed E-state index contributed by atoms with van der Waals surface area (Å²) in [6.45, 7) is 0. The predicted molar refractivity (Wildman–Crippen MR) is 73.0 cm³/mol. The molecular weight excluding hydrogens is 387 g/mol. The van der Waals surface area contributed by atoms with E-state index in [1.54, 1.807) is 18.1 Å². The number of halogens is 2. The minimum absolute atomic E-state index is 0.990. The first-order chi connectivity index (χ1) is 7.25. The van der Waals surface area contributed by atoms with Crippen molar-refractivity contribution >= 4 is 50.3 Å². The summed E-state index contributed by atoms with van der Waals surface area (Å²) in [5.74, 6) is 0. The van der Waals surface area contributed by atoms with E-state index in [0.717, 1.165) is 13.1 Å². The van der Waals surface area contributed by atoms with E-state index < -0.39 is 0 Å². The SMILES string of the molecule is Brc1cccc(Sc2ncncc2I)c1. The van der Waals surface area contributed by atoms with E-state index in [-0.39, 0.29) is 0 Å². The van der Waals surface area contributed by atoms with Gasteiger partial charge in [0.2, 0.25) is 0 Å². The molecule has 2 aromatic rings. The molecule has 2 nitrogen and oxygen atoms in total. The first-order valence-corrected chi connectivity index (χ1v) is 6.83. The van der Waals surface area contributed by atoms with Crippen LogP contribution in [0.4, 0.5) is 0 Å². The molecule has 0 aliphatic heterocycles. The van der Waals surface area contributed by atoms with Gasteiger partial charge >= 0.3 is 0 Å². The second-order valence-electron chi connectivity index (χ2n) is 2.74. The Bertz CT molecular complexity index is 478. The van der Waals surface area contributed by atoms with Gasteiger partial charge in [0.05, 0.1) is 3.57 Å². The lowest BCUT2D eigenvalue weighted by molar-refractivity contribution is 1.02. The fourth-order valence-corrected chi connectivity index (χ4v) is 3.01. The van der Waals surface area contributed by atoms with Crippen LogP contribution in [-0.4, -0.2) is 9.97 Å². The van der Waals surface area contributed by atoms with Gasteiger partial charge in [-0.2, -0.15) is 0 Å². The standard InChI is InChI=1S/C10H6BrIN2S/c11-7-2-1-3-8(4-7)15-10-9(12)5-13-6-14-10/h1-6H. The highest BCUT2D eigenvalue weighted by atomic mass is 127. The minimum atomic E-state index is 0.990. The van der Waals surface area contributed by atoms with E-state index in [2.05, 4.69) is 60.6 Å². The Morgan fingerprint density at radius 1 is 1.33 bits per heavy atom. The molecule has 15 heavy (non-hydrogen) atoms. The molecule has 0 atom stereocenters. The molecule has 0 aliphatic carbocycles. The molecule has 1 heterocycles. The highest BCUT2D eigenvalue weighted by Gasteiger charge is 2.03. The topological polar surface area (TPSA) is 25.8 Å². The van der Waals surface area contributed by atoms with Gasteiger partial charge in [-0.1, -0.05) is 33.8 Å². The molecule has 5 heteroatoms. The van der Waals surface area contributed by atoms with Gasteiger partial charge in [-0.3, -0.25) is 0 Å².